The van der Waals surface area contributed by atoms with Crippen LogP contribution >= 0.6 is 0 Å². The predicted octanol–water partition coefficient (Wildman–Crippen LogP) is 1.75. The summed E-state index contributed by atoms with van der Waals surface area (Å²) in [5.41, 5.74) is 1.54. The maximum Gasteiger partial charge on any atom is 0.241 e. The molecule has 1 atom stereocenters. The molecule has 1 amide bonds. The Morgan fingerprint density at radius 3 is 3.06 bits per heavy atom. The number of anilines is 1. The van der Waals surface area contributed by atoms with Gasteiger partial charge in [0.1, 0.15) is 0 Å². The van der Waals surface area contributed by atoms with Gasteiger partial charge in [-0.25, -0.2) is 0 Å². The van der Waals surface area contributed by atoms with Gasteiger partial charge in [0.2, 0.25) is 5.91 Å². The number of carbonyl (C=O) groups is 1. The Hall–Kier alpha value is -1.79. The van der Waals surface area contributed by atoms with E-state index in [1.807, 2.05) is 18.2 Å². The lowest BCUT2D eigenvalue weighted by atomic mass is 10.0. The number of nitrogens with one attached hydrogen (secondary N) is 2. The Labute approximate surface area is 102 Å². The zero-order chi connectivity index (χ0) is 12.1. The molecule has 2 N–H and O–H groups in total. The van der Waals surface area contributed by atoms with Crippen LogP contribution in [0.2, 0.25) is 0 Å². The third-order valence-corrected chi connectivity index (χ3v) is 2.92. The highest BCUT2D eigenvalue weighted by Gasteiger charge is 2.20. The van der Waals surface area contributed by atoms with Gasteiger partial charge in [-0.05, 0) is 37.6 Å². The van der Waals surface area contributed by atoms with E-state index in [-0.39, 0.29) is 11.9 Å². The molecule has 17 heavy (non-hydrogen) atoms. The van der Waals surface area contributed by atoms with E-state index in [0.29, 0.717) is 0 Å². The van der Waals surface area contributed by atoms with Crippen molar-refractivity contribution in [1.82, 2.24) is 5.32 Å². The molecule has 88 valence electrons. The number of hydrogen-bond donors (Lipinski definition) is 2. The molecular formula is C14H16N2O. The highest BCUT2D eigenvalue weighted by Crippen LogP contribution is 2.13. The molecule has 0 saturated carbocycles. The molecule has 1 aliphatic rings. The summed E-state index contributed by atoms with van der Waals surface area (Å²) < 4.78 is 0. The molecule has 0 aliphatic carbocycles. The van der Waals surface area contributed by atoms with Gasteiger partial charge in [-0.3, -0.25) is 4.79 Å². The van der Waals surface area contributed by atoms with Crippen molar-refractivity contribution < 1.29 is 4.79 Å². The molecule has 1 aromatic rings. The molecule has 2 rings (SSSR count). The SMILES string of the molecule is C#Cc1cccc(NC(=O)[C@H]2CCCCN2)c1. The van der Waals surface area contributed by atoms with Crippen molar-refractivity contribution in [3.63, 3.8) is 0 Å². The second kappa shape index (κ2) is 5.51. The number of carbonyl (C=O) groups excluding carboxylic acids is 1. The van der Waals surface area contributed by atoms with Crippen LogP contribution in [-0.2, 0) is 4.79 Å². The van der Waals surface area contributed by atoms with E-state index in [2.05, 4.69) is 16.6 Å². The van der Waals surface area contributed by atoms with Gasteiger partial charge in [-0.2, -0.15) is 0 Å². The first-order valence-corrected chi connectivity index (χ1v) is 5.90. The summed E-state index contributed by atoms with van der Waals surface area (Å²) in [6.07, 6.45) is 8.48. The Morgan fingerprint density at radius 2 is 2.35 bits per heavy atom. The van der Waals surface area contributed by atoms with E-state index in [1.54, 1.807) is 6.07 Å². The van der Waals surface area contributed by atoms with Crippen LogP contribution < -0.4 is 10.6 Å². The molecular weight excluding hydrogens is 212 g/mol. The van der Waals surface area contributed by atoms with Crippen LogP contribution in [0.5, 0.6) is 0 Å². The van der Waals surface area contributed by atoms with Crippen LogP contribution in [0.3, 0.4) is 0 Å². The van der Waals surface area contributed by atoms with Crippen LogP contribution in [0.1, 0.15) is 24.8 Å². The van der Waals surface area contributed by atoms with Gasteiger partial charge in [-0.1, -0.05) is 18.4 Å². The van der Waals surface area contributed by atoms with Gasteiger partial charge in [0.05, 0.1) is 6.04 Å². The zero-order valence-corrected chi connectivity index (χ0v) is 9.70. The summed E-state index contributed by atoms with van der Waals surface area (Å²) in [5.74, 6) is 2.58. The van der Waals surface area contributed by atoms with Crippen LogP contribution in [0.25, 0.3) is 0 Å². The van der Waals surface area contributed by atoms with Crippen LogP contribution in [-0.4, -0.2) is 18.5 Å². The van der Waals surface area contributed by atoms with Crippen LogP contribution in [0.4, 0.5) is 5.69 Å². The maximum atomic E-state index is 11.9. The lowest BCUT2D eigenvalue weighted by Gasteiger charge is -2.22. The van der Waals surface area contributed by atoms with E-state index >= 15 is 0 Å². The second-order valence-corrected chi connectivity index (χ2v) is 4.22. The topological polar surface area (TPSA) is 41.1 Å². The molecule has 1 aromatic carbocycles. The summed E-state index contributed by atoms with van der Waals surface area (Å²) in [4.78, 5) is 11.9. The second-order valence-electron chi connectivity index (χ2n) is 4.22. The van der Waals surface area contributed by atoms with E-state index < -0.39 is 0 Å². The molecule has 3 nitrogen and oxygen atoms in total. The first kappa shape index (κ1) is 11.7. The largest absolute Gasteiger partial charge is 0.325 e. The Bertz CT molecular complexity index is 442. The maximum absolute atomic E-state index is 11.9. The van der Waals surface area contributed by atoms with Crippen molar-refractivity contribution >= 4 is 11.6 Å². The minimum absolute atomic E-state index is 0.0267. The summed E-state index contributed by atoms with van der Waals surface area (Å²) in [6.45, 7) is 0.919. The average molecular weight is 228 g/mol. The third-order valence-electron chi connectivity index (χ3n) is 2.92. The zero-order valence-electron chi connectivity index (χ0n) is 9.70. The fourth-order valence-corrected chi connectivity index (χ4v) is 1.99. The predicted molar refractivity (Wildman–Crippen MR) is 68.6 cm³/mol. The normalized spacial score (nSPS) is 19.4. The van der Waals surface area contributed by atoms with Crippen molar-refractivity contribution in [1.29, 1.82) is 0 Å². The molecule has 0 bridgehead atoms. The number of benzene rings is 1. The molecule has 0 unspecified atom stereocenters. The van der Waals surface area contributed by atoms with Crippen molar-refractivity contribution in [2.45, 2.75) is 25.3 Å². The minimum atomic E-state index is -0.0711. The summed E-state index contributed by atoms with van der Waals surface area (Å²) >= 11 is 0. The smallest absolute Gasteiger partial charge is 0.241 e. The van der Waals surface area contributed by atoms with E-state index in [0.717, 1.165) is 37.1 Å². The molecule has 1 fully saturated rings. The standard InChI is InChI=1S/C14H16N2O/c1-2-11-6-5-7-12(10-11)16-14(17)13-8-3-4-9-15-13/h1,5-7,10,13,15H,3-4,8-9H2,(H,16,17)/t13-/m1/s1. The lowest BCUT2D eigenvalue weighted by molar-refractivity contribution is -0.118. The van der Waals surface area contributed by atoms with E-state index in [9.17, 15) is 4.79 Å². The number of terminal acetylenes is 1. The average Bonchev–Trinajstić information content (AvgIpc) is 2.40. The van der Waals surface area contributed by atoms with E-state index in [4.69, 9.17) is 6.42 Å². The quantitative estimate of drug-likeness (QED) is 0.757. The molecule has 1 heterocycles. The molecule has 0 spiro atoms. The monoisotopic (exact) mass is 228 g/mol. The Kier molecular flexibility index (Phi) is 3.79. The first-order chi connectivity index (χ1) is 8.29. The van der Waals surface area contributed by atoms with Gasteiger partial charge >= 0.3 is 0 Å². The van der Waals surface area contributed by atoms with Gasteiger partial charge in [0, 0.05) is 11.3 Å². The first-order valence-electron chi connectivity index (χ1n) is 5.90. The molecule has 0 aromatic heterocycles. The Morgan fingerprint density at radius 1 is 1.47 bits per heavy atom. The highest BCUT2D eigenvalue weighted by molar-refractivity contribution is 5.95. The van der Waals surface area contributed by atoms with Crippen molar-refractivity contribution in [3.05, 3.63) is 29.8 Å². The molecule has 1 aliphatic heterocycles. The van der Waals surface area contributed by atoms with Crippen molar-refractivity contribution in [3.8, 4) is 12.3 Å². The molecule has 1 saturated heterocycles. The number of amides is 1. The minimum Gasteiger partial charge on any atom is -0.325 e. The van der Waals surface area contributed by atoms with Crippen LogP contribution in [0.15, 0.2) is 24.3 Å². The molecule has 3 heteroatoms. The van der Waals surface area contributed by atoms with Crippen molar-refractivity contribution in [2.75, 3.05) is 11.9 Å². The summed E-state index contributed by atoms with van der Waals surface area (Å²) in [6, 6.07) is 7.27. The number of rotatable bonds is 2. The van der Waals surface area contributed by atoms with Gasteiger partial charge in [0.15, 0.2) is 0 Å². The van der Waals surface area contributed by atoms with Gasteiger partial charge in [0.25, 0.3) is 0 Å². The highest BCUT2D eigenvalue weighted by atomic mass is 16.2. The van der Waals surface area contributed by atoms with Crippen molar-refractivity contribution in [2.24, 2.45) is 0 Å². The fourth-order valence-electron chi connectivity index (χ4n) is 1.99. The summed E-state index contributed by atoms with van der Waals surface area (Å²) in [7, 11) is 0. The lowest BCUT2D eigenvalue weighted by Crippen LogP contribution is -2.43. The van der Waals surface area contributed by atoms with Gasteiger partial charge < -0.3 is 10.6 Å². The number of hydrogen-bond acceptors (Lipinski definition) is 2. The molecule has 0 radical (unpaired) electrons. The Balaban J connectivity index is 1.99. The summed E-state index contributed by atoms with van der Waals surface area (Å²) in [5, 5.41) is 6.10. The van der Waals surface area contributed by atoms with Crippen LogP contribution in [0, 0.1) is 12.3 Å². The van der Waals surface area contributed by atoms with E-state index in [1.165, 1.54) is 0 Å². The third kappa shape index (κ3) is 3.08. The van der Waals surface area contributed by atoms with Gasteiger partial charge in [-0.15, -0.1) is 6.42 Å². The fraction of sp³-hybridized carbons (Fsp3) is 0.357. The number of piperidine rings is 1.